The highest BCUT2D eigenvalue weighted by Crippen LogP contribution is 2.28. The van der Waals surface area contributed by atoms with E-state index in [1.807, 2.05) is 0 Å². The topological polar surface area (TPSA) is 38.9 Å². The van der Waals surface area contributed by atoms with Crippen LogP contribution in [0.3, 0.4) is 0 Å². The molecule has 1 aromatic heterocycles. The summed E-state index contributed by atoms with van der Waals surface area (Å²) in [7, 11) is 0. The molecule has 0 aromatic carbocycles. The van der Waals surface area contributed by atoms with Crippen LogP contribution in [0.5, 0.6) is 0 Å². The first kappa shape index (κ1) is 11.0. The molecule has 1 aromatic rings. The molecule has 0 fully saturated rings. The van der Waals surface area contributed by atoms with Gasteiger partial charge in [-0.3, -0.25) is 4.98 Å². The first-order valence-corrected chi connectivity index (χ1v) is 4.13. The third-order valence-corrected chi connectivity index (χ3v) is 1.91. The fourth-order valence-corrected chi connectivity index (χ4v) is 1.26. The van der Waals surface area contributed by atoms with Gasteiger partial charge in [0.1, 0.15) is 0 Å². The smallest absolute Gasteiger partial charge is 0.324 e. The molecular weight excluding hydrogens is 193 g/mol. The lowest BCUT2D eigenvalue weighted by Crippen LogP contribution is -2.20. The second-order valence-corrected chi connectivity index (χ2v) is 3.16. The van der Waals surface area contributed by atoms with Crippen molar-refractivity contribution in [2.75, 3.05) is 0 Å². The first-order valence-electron chi connectivity index (χ1n) is 4.13. The minimum absolute atomic E-state index is 0.498. The Balaban J connectivity index is 2.80. The first-order chi connectivity index (χ1) is 6.40. The molecule has 0 spiro atoms. The van der Waals surface area contributed by atoms with Gasteiger partial charge in [-0.25, -0.2) is 0 Å². The predicted molar refractivity (Wildman–Crippen MR) is 46.6 cm³/mol. The molecule has 0 aliphatic rings. The zero-order chi connectivity index (χ0) is 10.8. The molecule has 0 saturated carbocycles. The van der Waals surface area contributed by atoms with E-state index in [-0.39, 0.29) is 0 Å². The van der Waals surface area contributed by atoms with Crippen LogP contribution in [0.1, 0.15) is 23.6 Å². The summed E-state index contributed by atoms with van der Waals surface area (Å²) in [5.41, 5.74) is 6.62. The molecule has 2 N–H and O–H groups in total. The monoisotopic (exact) mass is 204 g/mol. The Morgan fingerprint density at radius 2 is 2.14 bits per heavy atom. The lowest BCUT2D eigenvalue weighted by molar-refractivity contribution is -0.138. The maximum absolute atomic E-state index is 12.0. The van der Waals surface area contributed by atoms with Gasteiger partial charge in [0, 0.05) is 18.4 Å². The number of nitrogens with two attached hydrogens (primary N) is 1. The molecule has 1 rings (SSSR count). The highest BCUT2D eigenvalue weighted by Gasteiger charge is 2.31. The van der Waals surface area contributed by atoms with E-state index in [4.69, 9.17) is 5.73 Å². The van der Waals surface area contributed by atoms with Crippen molar-refractivity contribution < 1.29 is 13.2 Å². The molecule has 14 heavy (non-hydrogen) atoms. The van der Waals surface area contributed by atoms with Crippen LogP contribution in [-0.2, 0) is 0 Å². The standard InChI is InChI=1S/C9H11F3N2/c1-6-5-14-3-2-7(6)8(13)4-9(10,11)12/h2-3,5,8H,4,13H2,1H3. The van der Waals surface area contributed by atoms with Gasteiger partial charge in [0.15, 0.2) is 0 Å². The summed E-state index contributed by atoms with van der Waals surface area (Å²) >= 11 is 0. The molecule has 0 aliphatic carbocycles. The van der Waals surface area contributed by atoms with Crippen LogP contribution >= 0.6 is 0 Å². The Kier molecular flexibility index (Phi) is 3.10. The van der Waals surface area contributed by atoms with E-state index in [0.29, 0.717) is 11.1 Å². The van der Waals surface area contributed by atoms with Gasteiger partial charge in [-0.1, -0.05) is 0 Å². The molecule has 0 saturated heterocycles. The second kappa shape index (κ2) is 3.96. The molecular formula is C9H11F3N2. The van der Waals surface area contributed by atoms with Crippen LogP contribution in [0.2, 0.25) is 0 Å². The maximum Gasteiger partial charge on any atom is 0.390 e. The fourth-order valence-electron chi connectivity index (χ4n) is 1.26. The number of hydrogen-bond donors (Lipinski definition) is 1. The number of alkyl halides is 3. The SMILES string of the molecule is Cc1cnccc1C(N)CC(F)(F)F. The number of aryl methyl sites for hydroxylation is 1. The molecule has 0 aliphatic heterocycles. The van der Waals surface area contributed by atoms with Crippen LogP contribution in [0.4, 0.5) is 13.2 Å². The number of rotatable bonds is 2. The van der Waals surface area contributed by atoms with Crippen molar-refractivity contribution in [3.05, 3.63) is 29.6 Å². The predicted octanol–water partition coefficient (Wildman–Crippen LogP) is 2.34. The summed E-state index contributed by atoms with van der Waals surface area (Å²) in [5.74, 6) is 0. The molecule has 0 radical (unpaired) electrons. The molecule has 1 unspecified atom stereocenters. The molecule has 0 amide bonds. The Morgan fingerprint density at radius 3 is 2.64 bits per heavy atom. The van der Waals surface area contributed by atoms with Crippen LogP contribution in [0.15, 0.2) is 18.5 Å². The van der Waals surface area contributed by atoms with Gasteiger partial charge in [-0.05, 0) is 24.1 Å². The molecule has 78 valence electrons. The second-order valence-electron chi connectivity index (χ2n) is 3.16. The van der Waals surface area contributed by atoms with E-state index in [1.165, 1.54) is 18.5 Å². The third kappa shape index (κ3) is 2.99. The van der Waals surface area contributed by atoms with E-state index in [0.717, 1.165) is 0 Å². The third-order valence-electron chi connectivity index (χ3n) is 1.91. The Bertz CT molecular complexity index is 309. The molecule has 1 heterocycles. The molecule has 0 bridgehead atoms. The molecule has 5 heteroatoms. The van der Waals surface area contributed by atoms with Crippen LogP contribution in [0, 0.1) is 6.92 Å². The summed E-state index contributed by atoms with van der Waals surface area (Å²) in [4.78, 5) is 3.79. The summed E-state index contributed by atoms with van der Waals surface area (Å²) in [5, 5.41) is 0. The number of halogens is 3. The summed E-state index contributed by atoms with van der Waals surface area (Å²) in [6, 6.07) is 0.518. The van der Waals surface area contributed by atoms with E-state index >= 15 is 0 Å². The summed E-state index contributed by atoms with van der Waals surface area (Å²) in [6.45, 7) is 1.69. The number of aromatic nitrogens is 1. The van der Waals surface area contributed by atoms with E-state index in [2.05, 4.69) is 4.98 Å². The molecule has 1 atom stereocenters. The zero-order valence-electron chi connectivity index (χ0n) is 7.67. The average Bonchev–Trinajstić information content (AvgIpc) is 2.01. The zero-order valence-corrected chi connectivity index (χ0v) is 7.67. The number of nitrogens with zero attached hydrogens (tertiary/aromatic N) is 1. The number of hydrogen-bond acceptors (Lipinski definition) is 2. The van der Waals surface area contributed by atoms with Crippen LogP contribution in [0.25, 0.3) is 0 Å². The van der Waals surface area contributed by atoms with E-state index in [1.54, 1.807) is 6.92 Å². The van der Waals surface area contributed by atoms with Gasteiger partial charge in [0.05, 0.1) is 6.42 Å². The van der Waals surface area contributed by atoms with Gasteiger partial charge < -0.3 is 5.73 Å². The highest BCUT2D eigenvalue weighted by molar-refractivity contribution is 5.24. The van der Waals surface area contributed by atoms with Crippen molar-refractivity contribution >= 4 is 0 Å². The Labute approximate surface area is 79.9 Å². The van der Waals surface area contributed by atoms with Gasteiger partial charge >= 0.3 is 6.18 Å². The van der Waals surface area contributed by atoms with Crippen molar-refractivity contribution in [1.29, 1.82) is 0 Å². The maximum atomic E-state index is 12.0. The summed E-state index contributed by atoms with van der Waals surface area (Å²) in [6.07, 6.45) is -2.28. The fraction of sp³-hybridized carbons (Fsp3) is 0.444. The minimum atomic E-state index is -4.23. The van der Waals surface area contributed by atoms with E-state index < -0.39 is 18.6 Å². The van der Waals surface area contributed by atoms with Crippen LogP contribution in [-0.4, -0.2) is 11.2 Å². The lowest BCUT2D eigenvalue weighted by Gasteiger charge is -2.15. The molecule has 2 nitrogen and oxygen atoms in total. The van der Waals surface area contributed by atoms with Crippen molar-refractivity contribution in [3.8, 4) is 0 Å². The van der Waals surface area contributed by atoms with Crippen molar-refractivity contribution in [2.45, 2.75) is 25.6 Å². The Morgan fingerprint density at radius 1 is 1.50 bits per heavy atom. The quantitative estimate of drug-likeness (QED) is 0.803. The van der Waals surface area contributed by atoms with Crippen molar-refractivity contribution in [2.24, 2.45) is 5.73 Å². The number of pyridine rings is 1. The highest BCUT2D eigenvalue weighted by atomic mass is 19.4. The van der Waals surface area contributed by atoms with Crippen molar-refractivity contribution in [1.82, 2.24) is 4.98 Å². The summed E-state index contributed by atoms with van der Waals surface area (Å²) < 4.78 is 36.1. The van der Waals surface area contributed by atoms with Gasteiger partial charge in [-0.15, -0.1) is 0 Å². The van der Waals surface area contributed by atoms with Crippen LogP contribution < -0.4 is 5.73 Å². The van der Waals surface area contributed by atoms with Gasteiger partial charge in [-0.2, -0.15) is 13.2 Å². The lowest BCUT2D eigenvalue weighted by atomic mass is 10.0. The minimum Gasteiger partial charge on any atom is -0.324 e. The Hall–Kier alpha value is -1.10. The van der Waals surface area contributed by atoms with Gasteiger partial charge in [0.2, 0.25) is 0 Å². The normalized spacial score (nSPS) is 14.1. The van der Waals surface area contributed by atoms with Gasteiger partial charge in [0.25, 0.3) is 0 Å². The largest absolute Gasteiger partial charge is 0.390 e. The van der Waals surface area contributed by atoms with E-state index in [9.17, 15) is 13.2 Å². The van der Waals surface area contributed by atoms with Crippen molar-refractivity contribution in [3.63, 3.8) is 0 Å². The average molecular weight is 204 g/mol.